The number of likely N-dealkylation sites (tertiary alicyclic amines) is 1. The van der Waals surface area contributed by atoms with Gasteiger partial charge in [0.1, 0.15) is 11.9 Å². The minimum atomic E-state index is -0.453. The molecule has 132 valence electrons. The van der Waals surface area contributed by atoms with Gasteiger partial charge >= 0.3 is 0 Å². The van der Waals surface area contributed by atoms with Gasteiger partial charge < -0.3 is 14.7 Å². The average Bonchev–Trinajstić information content (AvgIpc) is 3.18. The summed E-state index contributed by atoms with van der Waals surface area (Å²) in [6.45, 7) is 2.32. The molecule has 2 amide bonds. The Kier molecular flexibility index (Phi) is 4.78. The Balaban J connectivity index is 1.55. The molecule has 2 heterocycles. The topological polar surface area (TPSA) is 88.3 Å². The second-order valence-electron chi connectivity index (χ2n) is 6.14. The number of nitrogens with one attached hydrogen (secondary N) is 1. The number of carbonyl (C=O) groups is 2. The smallest absolute Gasteiger partial charge is 0.244 e. The van der Waals surface area contributed by atoms with E-state index in [0.717, 1.165) is 0 Å². The van der Waals surface area contributed by atoms with Gasteiger partial charge in [0, 0.05) is 32.0 Å². The van der Waals surface area contributed by atoms with E-state index in [1.54, 1.807) is 31.0 Å². The number of halogens is 1. The van der Waals surface area contributed by atoms with Crippen LogP contribution in [0, 0.1) is 12.7 Å². The van der Waals surface area contributed by atoms with Crippen LogP contribution in [-0.2, 0) is 16.0 Å². The van der Waals surface area contributed by atoms with Crippen molar-refractivity contribution in [3.63, 3.8) is 0 Å². The van der Waals surface area contributed by atoms with E-state index < -0.39 is 6.04 Å². The summed E-state index contributed by atoms with van der Waals surface area (Å²) in [5.41, 5.74) is 1.05. The van der Waals surface area contributed by atoms with Crippen molar-refractivity contribution in [3.8, 4) is 11.4 Å². The van der Waals surface area contributed by atoms with Crippen LogP contribution in [0.3, 0.4) is 0 Å². The van der Waals surface area contributed by atoms with Crippen molar-refractivity contribution in [1.82, 2.24) is 20.4 Å². The van der Waals surface area contributed by atoms with Crippen LogP contribution in [0.25, 0.3) is 11.4 Å². The van der Waals surface area contributed by atoms with Crippen LogP contribution in [0.15, 0.2) is 22.7 Å². The molecule has 7 nitrogen and oxygen atoms in total. The van der Waals surface area contributed by atoms with Crippen molar-refractivity contribution in [2.24, 2.45) is 0 Å². The predicted octanol–water partition coefficient (Wildman–Crippen LogP) is 1.46. The van der Waals surface area contributed by atoms with E-state index in [1.807, 2.05) is 0 Å². The molecule has 1 fully saturated rings. The molecule has 1 N–H and O–H groups in total. The van der Waals surface area contributed by atoms with E-state index in [-0.39, 0.29) is 36.3 Å². The highest BCUT2D eigenvalue weighted by molar-refractivity contribution is 5.88. The largest absolute Gasteiger partial charge is 0.344 e. The predicted molar refractivity (Wildman–Crippen MR) is 86.9 cm³/mol. The Morgan fingerprint density at radius 1 is 1.48 bits per heavy atom. The normalized spacial score (nSPS) is 17.2. The lowest BCUT2D eigenvalue weighted by Crippen LogP contribution is -2.40. The monoisotopic (exact) mass is 346 g/mol. The van der Waals surface area contributed by atoms with E-state index in [9.17, 15) is 14.0 Å². The van der Waals surface area contributed by atoms with Crippen molar-refractivity contribution in [2.75, 3.05) is 13.6 Å². The van der Waals surface area contributed by atoms with E-state index in [4.69, 9.17) is 4.52 Å². The molecule has 1 aliphatic rings. The molecule has 0 radical (unpaired) electrons. The molecule has 25 heavy (non-hydrogen) atoms. The number of aryl methyl sites for hydroxylation is 2. The first-order valence-corrected chi connectivity index (χ1v) is 8.07. The first kappa shape index (κ1) is 17.1. The summed E-state index contributed by atoms with van der Waals surface area (Å²) in [4.78, 5) is 29.5. The number of likely N-dealkylation sites (N-methyl/N-ethyl adjacent to an activating group) is 1. The molecular weight excluding hydrogens is 327 g/mol. The molecule has 0 saturated carbocycles. The Hall–Kier alpha value is -2.77. The van der Waals surface area contributed by atoms with Gasteiger partial charge in [0.15, 0.2) is 0 Å². The molecule has 1 atom stereocenters. The molecule has 0 spiro atoms. The van der Waals surface area contributed by atoms with Crippen molar-refractivity contribution in [1.29, 1.82) is 0 Å². The lowest BCUT2D eigenvalue weighted by atomic mass is 10.1. The standard InChI is InChI=1S/C17H19FN4O3/c1-10-3-4-11(9-12(10)18)16-20-15(25-21-16)6-5-14(23)19-13-7-8-22(2)17(13)24/h3-4,9,13H,5-8H2,1-2H3,(H,19,23)/t13-/m0/s1. The number of hydrogen-bond donors (Lipinski definition) is 1. The summed E-state index contributed by atoms with van der Waals surface area (Å²) >= 11 is 0. The molecule has 1 saturated heterocycles. The van der Waals surface area contributed by atoms with Crippen LogP contribution >= 0.6 is 0 Å². The van der Waals surface area contributed by atoms with Crippen LogP contribution in [0.4, 0.5) is 4.39 Å². The lowest BCUT2D eigenvalue weighted by Gasteiger charge is -2.11. The second kappa shape index (κ2) is 7.00. The number of amides is 2. The number of benzene rings is 1. The first-order chi connectivity index (χ1) is 11.9. The van der Waals surface area contributed by atoms with Crippen LogP contribution < -0.4 is 5.32 Å². The van der Waals surface area contributed by atoms with E-state index in [2.05, 4.69) is 15.5 Å². The van der Waals surface area contributed by atoms with Gasteiger partial charge in [-0.3, -0.25) is 9.59 Å². The van der Waals surface area contributed by atoms with Crippen LogP contribution in [0.1, 0.15) is 24.3 Å². The molecule has 0 aliphatic carbocycles. The number of rotatable bonds is 5. The van der Waals surface area contributed by atoms with Gasteiger partial charge in [0.05, 0.1) is 0 Å². The summed E-state index contributed by atoms with van der Waals surface area (Å²) in [6, 6.07) is 4.25. The third-order valence-corrected chi connectivity index (χ3v) is 4.23. The second-order valence-corrected chi connectivity index (χ2v) is 6.14. The van der Waals surface area contributed by atoms with Gasteiger partial charge in [-0.05, 0) is 25.0 Å². The third-order valence-electron chi connectivity index (χ3n) is 4.23. The Morgan fingerprint density at radius 2 is 2.28 bits per heavy atom. The van der Waals surface area contributed by atoms with Crippen LogP contribution in [0.2, 0.25) is 0 Å². The number of nitrogens with zero attached hydrogens (tertiary/aromatic N) is 3. The van der Waals surface area contributed by atoms with Crippen molar-refractivity contribution >= 4 is 11.8 Å². The summed E-state index contributed by atoms with van der Waals surface area (Å²) < 4.78 is 18.7. The van der Waals surface area contributed by atoms with Crippen LogP contribution in [0.5, 0.6) is 0 Å². The maximum absolute atomic E-state index is 13.6. The SMILES string of the molecule is Cc1ccc(-c2noc(CCC(=O)N[C@H]3CCN(C)C3=O)n2)cc1F. The van der Waals surface area contributed by atoms with E-state index >= 15 is 0 Å². The maximum atomic E-state index is 13.6. The van der Waals surface area contributed by atoms with Crippen molar-refractivity contribution in [3.05, 3.63) is 35.5 Å². The van der Waals surface area contributed by atoms with E-state index in [1.165, 1.54) is 6.07 Å². The number of hydrogen-bond acceptors (Lipinski definition) is 5. The molecule has 1 aromatic carbocycles. The van der Waals surface area contributed by atoms with Gasteiger partial charge in [0.25, 0.3) is 0 Å². The molecule has 1 aliphatic heterocycles. The summed E-state index contributed by atoms with van der Waals surface area (Å²) in [7, 11) is 1.71. The molecule has 2 aromatic rings. The van der Waals surface area contributed by atoms with Gasteiger partial charge in [0.2, 0.25) is 23.5 Å². The molecule has 0 bridgehead atoms. The highest BCUT2D eigenvalue weighted by Crippen LogP contribution is 2.19. The molecule has 8 heteroatoms. The molecule has 0 unspecified atom stereocenters. The van der Waals surface area contributed by atoms with Gasteiger partial charge in [-0.1, -0.05) is 17.3 Å². The number of carbonyl (C=O) groups excluding carboxylic acids is 2. The van der Waals surface area contributed by atoms with Crippen molar-refractivity contribution < 1.29 is 18.5 Å². The summed E-state index contributed by atoms with van der Waals surface area (Å²) in [5.74, 6) is -0.0815. The fourth-order valence-electron chi connectivity index (χ4n) is 2.65. The maximum Gasteiger partial charge on any atom is 0.244 e. The van der Waals surface area contributed by atoms with Crippen molar-refractivity contribution in [2.45, 2.75) is 32.2 Å². The minimum absolute atomic E-state index is 0.0742. The molecule has 3 rings (SSSR count). The summed E-state index contributed by atoms with van der Waals surface area (Å²) in [6.07, 6.45) is 1.01. The fraction of sp³-hybridized carbons (Fsp3) is 0.412. The fourth-order valence-corrected chi connectivity index (χ4v) is 2.65. The Labute approximate surface area is 144 Å². The Morgan fingerprint density at radius 3 is 2.96 bits per heavy atom. The van der Waals surface area contributed by atoms with Gasteiger partial charge in [-0.25, -0.2) is 4.39 Å². The van der Waals surface area contributed by atoms with E-state index in [0.29, 0.717) is 30.0 Å². The molecule has 1 aromatic heterocycles. The lowest BCUT2D eigenvalue weighted by molar-refractivity contribution is -0.131. The first-order valence-electron chi connectivity index (χ1n) is 8.07. The van der Waals surface area contributed by atoms with Gasteiger partial charge in [-0.2, -0.15) is 4.98 Å². The Bertz CT molecular complexity index is 805. The van der Waals surface area contributed by atoms with Crippen LogP contribution in [-0.4, -0.2) is 46.5 Å². The average molecular weight is 346 g/mol. The number of aromatic nitrogens is 2. The third kappa shape index (κ3) is 3.84. The minimum Gasteiger partial charge on any atom is -0.344 e. The van der Waals surface area contributed by atoms with Gasteiger partial charge in [-0.15, -0.1) is 0 Å². The highest BCUT2D eigenvalue weighted by Gasteiger charge is 2.30. The summed E-state index contributed by atoms with van der Waals surface area (Å²) in [5, 5.41) is 6.53. The highest BCUT2D eigenvalue weighted by atomic mass is 19.1. The zero-order valence-electron chi connectivity index (χ0n) is 14.1. The zero-order chi connectivity index (χ0) is 18.0. The zero-order valence-corrected chi connectivity index (χ0v) is 14.1. The quantitative estimate of drug-likeness (QED) is 0.885. The molecular formula is C17H19FN4O3.